The molecule has 1 aromatic carbocycles. The lowest BCUT2D eigenvalue weighted by Crippen LogP contribution is -2.40. The SMILES string of the molecule is CC1CC(C(=O)NC(CC(=O)O)c2ccc(Br)cc2)C1. The molecule has 1 atom stereocenters. The van der Waals surface area contributed by atoms with Crippen molar-refractivity contribution in [3.8, 4) is 0 Å². The molecule has 1 unspecified atom stereocenters. The topological polar surface area (TPSA) is 66.4 Å². The van der Waals surface area contributed by atoms with E-state index in [0.29, 0.717) is 5.92 Å². The number of hydrogen-bond donors (Lipinski definition) is 2. The zero-order chi connectivity index (χ0) is 14.7. The van der Waals surface area contributed by atoms with Crippen molar-refractivity contribution in [3.63, 3.8) is 0 Å². The Morgan fingerprint density at radius 3 is 2.45 bits per heavy atom. The van der Waals surface area contributed by atoms with Crippen LogP contribution in [0.5, 0.6) is 0 Å². The van der Waals surface area contributed by atoms with Gasteiger partial charge in [0.2, 0.25) is 5.91 Å². The molecule has 0 aliphatic heterocycles. The molecule has 1 amide bonds. The zero-order valence-electron chi connectivity index (χ0n) is 11.3. The molecule has 1 saturated carbocycles. The third-order valence-electron chi connectivity index (χ3n) is 3.71. The van der Waals surface area contributed by atoms with Gasteiger partial charge in [-0.2, -0.15) is 0 Å². The maximum absolute atomic E-state index is 12.1. The van der Waals surface area contributed by atoms with Crippen LogP contribution in [0.2, 0.25) is 0 Å². The fraction of sp³-hybridized carbons (Fsp3) is 0.467. The highest BCUT2D eigenvalue weighted by atomic mass is 79.9. The van der Waals surface area contributed by atoms with Crippen LogP contribution in [0, 0.1) is 11.8 Å². The van der Waals surface area contributed by atoms with Crippen LogP contribution < -0.4 is 5.32 Å². The fourth-order valence-corrected chi connectivity index (χ4v) is 2.79. The molecule has 1 aliphatic rings. The maximum atomic E-state index is 12.1. The lowest BCUT2D eigenvalue weighted by molar-refractivity contribution is -0.138. The summed E-state index contributed by atoms with van der Waals surface area (Å²) in [6, 6.07) is 6.90. The Hall–Kier alpha value is -1.36. The van der Waals surface area contributed by atoms with E-state index in [-0.39, 0.29) is 18.2 Å². The average Bonchev–Trinajstić information content (AvgIpc) is 2.34. The van der Waals surface area contributed by atoms with Crippen molar-refractivity contribution in [1.29, 1.82) is 0 Å². The largest absolute Gasteiger partial charge is 0.481 e. The number of halogens is 1. The van der Waals surface area contributed by atoms with Crippen LogP contribution in [0.1, 0.15) is 37.8 Å². The summed E-state index contributed by atoms with van der Waals surface area (Å²) < 4.78 is 0.925. The highest BCUT2D eigenvalue weighted by molar-refractivity contribution is 9.10. The van der Waals surface area contributed by atoms with Gasteiger partial charge >= 0.3 is 5.97 Å². The molecule has 0 heterocycles. The Kier molecular flexibility index (Phi) is 4.81. The minimum atomic E-state index is -0.916. The number of nitrogens with one attached hydrogen (secondary N) is 1. The zero-order valence-corrected chi connectivity index (χ0v) is 12.9. The summed E-state index contributed by atoms with van der Waals surface area (Å²) in [4.78, 5) is 23.1. The molecule has 20 heavy (non-hydrogen) atoms. The van der Waals surface area contributed by atoms with E-state index in [9.17, 15) is 9.59 Å². The van der Waals surface area contributed by atoms with Crippen LogP contribution in [0.4, 0.5) is 0 Å². The summed E-state index contributed by atoms with van der Waals surface area (Å²) in [5, 5.41) is 11.9. The van der Waals surface area contributed by atoms with Gasteiger partial charge in [0.25, 0.3) is 0 Å². The lowest BCUT2D eigenvalue weighted by atomic mass is 9.75. The van der Waals surface area contributed by atoms with Crippen molar-refractivity contribution in [2.75, 3.05) is 0 Å². The molecule has 0 saturated heterocycles. The highest BCUT2D eigenvalue weighted by Crippen LogP contribution is 2.33. The van der Waals surface area contributed by atoms with Crippen LogP contribution in [-0.4, -0.2) is 17.0 Å². The Bertz CT molecular complexity index is 494. The quantitative estimate of drug-likeness (QED) is 0.865. The number of carboxylic acids is 1. The number of amides is 1. The summed E-state index contributed by atoms with van der Waals surface area (Å²) >= 11 is 3.34. The molecule has 1 fully saturated rings. The molecule has 2 N–H and O–H groups in total. The Morgan fingerprint density at radius 1 is 1.35 bits per heavy atom. The molecule has 2 rings (SSSR count). The van der Waals surface area contributed by atoms with E-state index in [4.69, 9.17) is 5.11 Å². The van der Waals surface area contributed by atoms with E-state index in [1.807, 2.05) is 24.3 Å². The number of hydrogen-bond acceptors (Lipinski definition) is 2. The molecule has 1 aromatic rings. The molecular weight excluding hydrogens is 322 g/mol. The third kappa shape index (κ3) is 3.82. The highest BCUT2D eigenvalue weighted by Gasteiger charge is 2.32. The second-order valence-corrected chi connectivity index (χ2v) is 6.40. The van der Waals surface area contributed by atoms with Gasteiger partial charge in [0.05, 0.1) is 12.5 Å². The Labute approximate surface area is 126 Å². The van der Waals surface area contributed by atoms with E-state index in [0.717, 1.165) is 22.9 Å². The predicted octanol–water partition coefficient (Wildman–Crippen LogP) is 3.13. The van der Waals surface area contributed by atoms with Gasteiger partial charge < -0.3 is 10.4 Å². The van der Waals surface area contributed by atoms with Crippen molar-refractivity contribution in [2.45, 2.75) is 32.2 Å². The van der Waals surface area contributed by atoms with Gasteiger partial charge in [-0.15, -0.1) is 0 Å². The standard InChI is InChI=1S/C15H18BrNO3/c1-9-6-11(7-9)15(20)17-13(8-14(18)19)10-2-4-12(16)5-3-10/h2-5,9,11,13H,6-8H2,1H3,(H,17,20)(H,18,19). The molecule has 0 spiro atoms. The monoisotopic (exact) mass is 339 g/mol. The minimum Gasteiger partial charge on any atom is -0.481 e. The molecule has 0 aromatic heterocycles. The number of rotatable bonds is 5. The number of carbonyl (C=O) groups is 2. The summed E-state index contributed by atoms with van der Waals surface area (Å²) in [5.74, 6) is -0.314. The van der Waals surface area contributed by atoms with Crippen molar-refractivity contribution in [3.05, 3.63) is 34.3 Å². The number of aliphatic carboxylic acids is 1. The number of carbonyl (C=O) groups excluding carboxylic acids is 1. The van der Waals surface area contributed by atoms with E-state index in [1.54, 1.807) is 0 Å². The molecule has 4 nitrogen and oxygen atoms in total. The Morgan fingerprint density at radius 2 is 1.95 bits per heavy atom. The second-order valence-electron chi connectivity index (χ2n) is 5.48. The number of carboxylic acid groups (broad SMARTS) is 1. The van der Waals surface area contributed by atoms with E-state index >= 15 is 0 Å². The van der Waals surface area contributed by atoms with Crippen LogP contribution in [0.25, 0.3) is 0 Å². The summed E-state index contributed by atoms with van der Waals surface area (Å²) in [5.41, 5.74) is 0.816. The van der Waals surface area contributed by atoms with E-state index < -0.39 is 12.0 Å². The lowest BCUT2D eigenvalue weighted by Gasteiger charge is -2.32. The molecule has 0 radical (unpaired) electrons. The van der Waals surface area contributed by atoms with Crippen LogP contribution in [-0.2, 0) is 9.59 Å². The van der Waals surface area contributed by atoms with Crippen LogP contribution in [0.15, 0.2) is 28.7 Å². The first-order valence-electron chi connectivity index (χ1n) is 6.73. The molecule has 1 aliphatic carbocycles. The predicted molar refractivity (Wildman–Crippen MR) is 79.2 cm³/mol. The minimum absolute atomic E-state index is 0.0303. The third-order valence-corrected chi connectivity index (χ3v) is 4.24. The van der Waals surface area contributed by atoms with Gasteiger partial charge in [-0.1, -0.05) is 35.0 Å². The normalized spacial score (nSPS) is 22.7. The van der Waals surface area contributed by atoms with Gasteiger partial charge in [0, 0.05) is 10.4 Å². The van der Waals surface area contributed by atoms with Crippen molar-refractivity contribution < 1.29 is 14.7 Å². The van der Waals surface area contributed by atoms with E-state index in [2.05, 4.69) is 28.2 Å². The molecule has 108 valence electrons. The first-order valence-corrected chi connectivity index (χ1v) is 7.52. The van der Waals surface area contributed by atoms with Gasteiger partial charge in [-0.3, -0.25) is 9.59 Å². The average molecular weight is 340 g/mol. The smallest absolute Gasteiger partial charge is 0.305 e. The van der Waals surface area contributed by atoms with Gasteiger partial charge in [-0.05, 0) is 36.5 Å². The van der Waals surface area contributed by atoms with Crippen LogP contribution in [0.3, 0.4) is 0 Å². The summed E-state index contributed by atoms with van der Waals surface area (Å²) in [6.45, 7) is 2.12. The summed E-state index contributed by atoms with van der Waals surface area (Å²) in [7, 11) is 0. The van der Waals surface area contributed by atoms with Crippen molar-refractivity contribution >= 4 is 27.8 Å². The first kappa shape index (κ1) is 15.0. The first-order chi connectivity index (χ1) is 9.45. The number of benzene rings is 1. The molecule has 5 heteroatoms. The van der Waals surface area contributed by atoms with Crippen molar-refractivity contribution in [2.24, 2.45) is 11.8 Å². The van der Waals surface area contributed by atoms with Crippen LogP contribution >= 0.6 is 15.9 Å². The van der Waals surface area contributed by atoms with Gasteiger partial charge in [-0.25, -0.2) is 0 Å². The van der Waals surface area contributed by atoms with Gasteiger partial charge in [0.1, 0.15) is 0 Å². The maximum Gasteiger partial charge on any atom is 0.305 e. The van der Waals surface area contributed by atoms with Crippen molar-refractivity contribution in [1.82, 2.24) is 5.32 Å². The Balaban J connectivity index is 2.05. The summed E-state index contributed by atoms with van der Waals surface area (Å²) in [6.07, 6.45) is 1.69. The fourth-order valence-electron chi connectivity index (χ4n) is 2.53. The molecular formula is C15H18BrNO3. The van der Waals surface area contributed by atoms with Gasteiger partial charge in [0.15, 0.2) is 0 Å². The van der Waals surface area contributed by atoms with E-state index in [1.165, 1.54) is 0 Å². The molecule has 0 bridgehead atoms. The second kappa shape index (κ2) is 6.39.